The lowest BCUT2D eigenvalue weighted by molar-refractivity contribution is 0.421. The minimum atomic E-state index is 0.507. The standard InChI is InChI=1S/C8H11N5OS/c1-3-5-7(15-13-11-5)8-10-6(4-9-2)12-14-8/h9H,3-4H2,1-2H3. The molecule has 0 atom stereocenters. The average molecular weight is 225 g/mol. The van der Waals surface area contributed by atoms with Gasteiger partial charge in [0.05, 0.1) is 12.2 Å². The number of nitrogens with one attached hydrogen (secondary N) is 1. The van der Waals surface area contributed by atoms with Crippen molar-refractivity contribution in [2.45, 2.75) is 19.9 Å². The molecule has 0 saturated carbocycles. The fourth-order valence-electron chi connectivity index (χ4n) is 1.18. The first-order valence-electron chi connectivity index (χ1n) is 4.64. The maximum absolute atomic E-state index is 5.13. The molecule has 0 aliphatic rings. The number of aromatic nitrogens is 4. The Hall–Kier alpha value is -1.34. The Bertz CT molecular complexity index is 438. The van der Waals surface area contributed by atoms with Crippen molar-refractivity contribution in [3.63, 3.8) is 0 Å². The summed E-state index contributed by atoms with van der Waals surface area (Å²) >= 11 is 1.28. The van der Waals surface area contributed by atoms with Crippen molar-refractivity contribution >= 4 is 11.5 Å². The topological polar surface area (TPSA) is 76.7 Å². The smallest absolute Gasteiger partial charge is 0.271 e. The SMILES string of the molecule is CCc1nnsc1-c1nc(CNC)no1. The summed E-state index contributed by atoms with van der Waals surface area (Å²) in [7, 11) is 1.84. The van der Waals surface area contributed by atoms with Crippen molar-refractivity contribution in [2.24, 2.45) is 0 Å². The van der Waals surface area contributed by atoms with E-state index < -0.39 is 0 Å². The summed E-state index contributed by atoms with van der Waals surface area (Å²) in [6, 6.07) is 0. The van der Waals surface area contributed by atoms with Crippen LogP contribution in [-0.2, 0) is 13.0 Å². The van der Waals surface area contributed by atoms with E-state index in [0.29, 0.717) is 18.3 Å². The van der Waals surface area contributed by atoms with Crippen LogP contribution in [0.2, 0.25) is 0 Å². The third kappa shape index (κ3) is 2.02. The third-order valence-corrected chi connectivity index (χ3v) is 2.64. The molecule has 0 aromatic carbocycles. The van der Waals surface area contributed by atoms with Gasteiger partial charge in [0.15, 0.2) is 5.82 Å². The zero-order chi connectivity index (χ0) is 10.7. The molecule has 1 N–H and O–H groups in total. The lowest BCUT2D eigenvalue weighted by atomic mass is 10.3. The predicted octanol–water partition coefficient (Wildman–Crippen LogP) is 0.870. The largest absolute Gasteiger partial charge is 0.333 e. The van der Waals surface area contributed by atoms with Crippen molar-refractivity contribution in [2.75, 3.05) is 7.05 Å². The minimum absolute atomic E-state index is 0.507. The van der Waals surface area contributed by atoms with Crippen molar-refractivity contribution in [3.05, 3.63) is 11.5 Å². The normalized spacial score (nSPS) is 10.8. The van der Waals surface area contributed by atoms with Crippen LogP contribution in [0.5, 0.6) is 0 Å². The lowest BCUT2D eigenvalue weighted by Crippen LogP contribution is -2.06. The van der Waals surface area contributed by atoms with Crippen LogP contribution in [0, 0.1) is 0 Å². The van der Waals surface area contributed by atoms with Gasteiger partial charge >= 0.3 is 0 Å². The van der Waals surface area contributed by atoms with Crippen LogP contribution in [0.25, 0.3) is 10.8 Å². The van der Waals surface area contributed by atoms with Gasteiger partial charge in [-0.05, 0) is 25.0 Å². The Morgan fingerprint density at radius 1 is 1.47 bits per heavy atom. The molecule has 0 aliphatic carbocycles. The average Bonchev–Trinajstić information content (AvgIpc) is 2.84. The maximum atomic E-state index is 5.13. The van der Waals surface area contributed by atoms with E-state index in [1.165, 1.54) is 11.5 Å². The molecule has 0 fully saturated rings. The highest BCUT2D eigenvalue weighted by atomic mass is 32.1. The van der Waals surface area contributed by atoms with Crippen molar-refractivity contribution < 1.29 is 4.52 Å². The van der Waals surface area contributed by atoms with Crippen LogP contribution in [-0.4, -0.2) is 26.8 Å². The summed E-state index contributed by atoms with van der Waals surface area (Å²) in [6.07, 6.45) is 0.815. The molecule has 0 radical (unpaired) electrons. The van der Waals surface area contributed by atoms with Crippen LogP contribution in [0.3, 0.4) is 0 Å². The molecule has 2 aromatic rings. The van der Waals surface area contributed by atoms with E-state index in [0.717, 1.165) is 17.0 Å². The van der Waals surface area contributed by atoms with Gasteiger partial charge in [-0.25, -0.2) is 0 Å². The Morgan fingerprint density at radius 2 is 2.33 bits per heavy atom. The number of nitrogens with zero attached hydrogens (tertiary/aromatic N) is 4. The summed E-state index contributed by atoms with van der Waals surface area (Å²) < 4.78 is 9.01. The van der Waals surface area contributed by atoms with E-state index in [2.05, 4.69) is 25.0 Å². The Labute approximate surface area is 90.9 Å². The monoisotopic (exact) mass is 225 g/mol. The predicted molar refractivity (Wildman–Crippen MR) is 55.3 cm³/mol. The van der Waals surface area contributed by atoms with Gasteiger partial charge in [-0.2, -0.15) is 4.98 Å². The number of aryl methyl sites for hydroxylation is 1. The molecule has 7 heteroatoms. The maximum Gasteiger partial charge on any atom is 0.271 e. The van der Waals surface area contributed by atoms with Crippen LogP contribution < -0.4 is 5.32 Å². The first-order valence-corrected chi connectivity index (χ1v) is 5.41. The molecule has 0 aliphatic heterocycles. The summed E-state index contributed by atoms with van der Waals surface area (Å²) in [5, 5.41) is 10.8. The lowest BCUT2D eigenvalue weighted by Gasteiger charge is -1.89. The minimum Gasteiger partial charge on any atom is -0.333 e. The summed E-state index contributed by atoms with van der Waals surface area (Å²) in [5.74, 6) is 1.15. The molecule has 2 heterocycles. The fourth-order valence-corrected chi connectivity index (χ4v) is 1.85. The molecule has 0 bridgehead atoms. The Morgan fingerprint density at radius 3 is 3.07 bits per heavy atom. The second kappa shape index (κ2) is 4.45. The van der Waals surface area contributed by atoms with E-state index in [-0.39, 0.29) is 0 Å². The molecule has 15 heavy (non-hydrogen) atoms. The van der Waals surface area contributed by atoms with Crippen molar-refractivity contribution in [3.8, 4) is 10.8 Å². The van der Waals surface area contributed by atoms with Crippen LogP contribution in [0.15, 0.2) is 4.52 Å². The summed E-state index contributed by atoms with van der Waals surface area (Å²) in [6.45, 7) is 2.61. The molecule has 6 nitrogen and oxygen atoms in total. The molecular formula is C8H11N5OS. The molecule has 2 aromatic heterocycles. The first-order chi connectivity index (χ1) is 7.35. The Balaban J connectivity index is 2.28. The van der Waals surface area contributed by atoms with Gasteiger partial charge < -0.3 is 9.84 Å². The molecule has 0 saturated heterocycles. The number of rotatable bonds is 4. The van der Waals surface area contributed by atoms with E-state index in [9.17, 15) is 0 Å². The number of hydrogen-bond donors (Lipinski definition) is 1. The number of hydrogen-bond acceptors (Lipinski definition) is 7. The van der Waals surface area contributed by atoms with Gasteiger partial charge in [-0.15, -0.1) is 5.10 Å². The van der Waals surface area contributed by atoms with Crippen LogP contribution >= 0.6 is 11.5 Å². The van der Waals surface area contributed by atoms with E-state index in [1.807, 2.05) is 14.0 Å². The third-order valence-electron chi connectivity index (χ3n) is 1.89. The molecule has 0 amide bonds. The summed E-state index contributed by atoms with van der Waals surface area (Å²) in [4.78, 5) is 5.11. The van der Waals surface area contributed by atoms with Crippen molar-refractivity contribution in [1.82, 2.24) is 25.0 Å². The van der Waals surface area contributed by atoms with Crippen LogP contribution in [0.1, 0.15) is 18.4 Å². The van der Waals surface area contributed by atoms with Gasteiger partial charge in [-0.3, -0.25) is 0 Å². The summed E-state index contributed by atoms with van der Waals surface area (Å²) in [5.41, 5.74) is 0.902. The highest BCUT2D eigenvalue weighted by Gasteiger charge is 2.15. The van der Waals surface area contributed by atoms with Crippen molar-refractivity contribution in [1.29, 1.82) is 0 Å². The zero-order valence-electron chi connectivity index (χ0n) is 8.52. The second-order valence-corrected chi connectivity index (χ2v) is 3.70. The molecule has 0 unspecified atom stereocenters. The molecule has 80 valence electrons. The highest BCUT2D eigenvalue weighted by Crippen LogP contribution is 2.24. The van der Waals surface area contributed by atoms with Gasteiger partial charge in [0.2, 0.25) is 0 Å². The van der Waals surface area contributed by atoms with Gasteiger partial charge in [0.1, 0.15) is 4.88 Å². The second-order valence-electron chi connectivity index (χ2n) is 2.95. The quantitative estimate of drug-likeness (QED) is 0.832. The van der Waals surface area contributed by atoms with E-state index in [1.54, 1.807) is 0 Å². The molecule has 2 rings (SSSR count). The van der Waals surface area contributed by atoms with Crippen LogP contribution in [0.4, 0.5) is 0 Å². The first kappa shape index (κ1) is 10.2. The Kier molecular flexibility index (Phi) is 3.02. The fraction of sp³-hybridized carbons (Fsp3) is 0.500. The van der Waals surface area contributed by atoms with Gasteiger partial charge in [0, 0.05) is 0 Å². The zero-order valence-corrected chi connectivity index (χ0v) is 9.34. The van der Waals surface area contributed by atoms with Gasteiger partial charge in [0.25, 0.3) is 5.89 Å². The van der Waals surface area contributed by atoms with E-state index in [4.69, 9.17) is 4.52 Å². The molecular weight excluding hydrogens is 214 g/mol. The highest BCUT2D eigenvalue weighted by molar-refractivity contribution is 7.09. The van der Waals surface area contributed by atoms with Gasteiger partial charge in [-0.1, -0.05) is 16.6 Å². The van der Waals surface area contributed by atoms with E-state index >= 15 is 0 Å². The molecule has 0 spiro atoms.